The van der Waals surface area contributed by atoms with Crippen molar-refractivity contribution < 1.29 is 9.59 Å². The van der Waals surface area contributed by atoms with Crippen LogP contribution in [0.3, 0.4) is 0 Å². The number of carbonyl (C=O) groups is 2. The SMILES string of the molecule is C[C@H](NC(=O)C(=O)N1CCCCC1)[C@@H](c1cccs1)N1CCN(Cc2ccccc2)CC1. The van der Waals surface area contributed by atoms with Gasteiger partial charge in [-0.25, -0.2) is 0 Å². The third-order valence-corrected chi connectivity index (χ3v) is 7.50. The molecule has 1 aromatic heterocycles. The lowest BCUT2D eigenvalue weighted by molar-refractivity contribution is -0.147. The van der Waals surface area contributed by atoms with Gasteiger partial charge in [0, 0.05) is 56.7 Å². The highest BCUT2D eigenvalue weighted by atomic mass is 32.1. The Labute approximate surface area is 195 Å². The summed E-state index contributed by atoms with van der Waals surface area (Å²) in [4.78, 5) is 33.3. The maximum absolute atomic E-state index is 12.7. The first kappa shape index (κ1) is 23.0. The third-order valence-electron chi connectivity index (χ3n) is 6.55. The largest absolute Gasteiger partial charge is 0.343 e. The fraction of sp³-hybridized carbons (Fsp3) is 0.520. The average Bonchev–Trinajstić information content (AvgIpc) is 3.35. The van der Waals surface area contributed by atoms with Gasteiger partial charge in [-0.05, 0) is 43.2 Å². The Bertz CT molecular complexity index is 859. The molecule has 4 rings (SSSR count). The van der Waals surface area contributed by atoms with Crippen molar-refractivity contribution in [2.75, 3.05) is 39.3 Å². The highest BCUT2D eigenvalue weighted by molar-refractivity contribution is 7.10. The summed E-state index contributed by atoms with van der Waals surface area (Å²) < 4.78 is 0. The quantitative estimate of drug-likeness (QED) is 0.682. The molecule has 172 valence electrons. The van der Waals surface area contributed by atoms with E-state index in [4.69, 9.17) is 0 Å². The molecule has 3 heterocycles. The number of nitrogens with zero attached hydrogens (tertiary/aromatic N) is 3. The van der Waals surface area contributed by atoms with E-state index in [0.29, 0.717) is 13.1 Å². The molecule has 2 aliphatic rings. The molecule has 0 saturated carbocycles. The third kappa shape index (κ3) is 5.77. The number of piperidine rings is 1. The molecule has 0 radical (unpaired) electrons. The molecule has 2 atom stereocenters. The molecule has 2 fully saturated rings. The van der Waals surface area contributed by atoms with Crippen molar-refractivity contribution in [2.45, 2.75) is 44.8 Å². The second-order valence-corrected chi connectivity index (χ2v) is 9.85. The number of piperazine rings is 1. The normalized spacial score (nSPS) is 20.0. The molecule has 6 nitrogen and oxygen atoms in total. The topological polar surface area (TPSA) is 55.9 Å². The van der Waals surface area contributed by atoms with Gasteiger partial charge in [0.2, 0.25) is 0 Å². The lowest BCUT2D eigenvalue weighted by Crippen LogP contribution is -2.54. The van der Waals surface area contributed by atoms with Crippen LogP contribution in [0, 0.1) is 0 Å². The standard InChI is InChI=1S/C25H34N4O2S/c1-20(26-24(30)25(31)29-12-6-3-7-13-29)23(22-11-8-18-32-22)28-16-14-27(15-17-28)19-21-9-4-2-5-10-21/h2,4-5,8-11,18,20,23H,3,6-7,12-17,19H2,1H3,(H,26,30)/t20-,23-/m0/s1. The van der Waals surface area contributed by atoms with Crippen LogP contribution in [0.1, 0.15) is 42.7 Å². The molecular weight excluding hydrogens is 420 g/mol. The predicted molar refractivity (Wildman–Crippen MR) is 128 cm³/mol. The maximum Gasteiger partial charge on any atom is 0.311 e. The molecule has 0 bridgehead atoms. The molecule has 2 saturated heterocycles. The number of amides is 2. The van der Waals surface area contributed by atoms with Crippen LogP contribution in [0.15, 0.2) is 47.8 Å². The molecule has 1 aromatic carbocycles. The summed E-state index contributed by atoms with van der Waals surface area (Å²) in [5.41, 5.74) is 1.34. The summed E-state index contributed by atoms with van der Waals surface area (Å²) in [6.07, 6.45) is 3.11. The lowest BCUT2D eigenvalue weighted by atomic mass is 10.0. The smallest absolute Gasteiger partial charge is 0.311 e. The molecule has 2 aliphatic heterocycles. The minimum absolute atomic E-state index is 0.0759. The monoisotopic (exact) mass is 454 g/mol. The van der Waals surface area contributed by atoms with Crippen LogP contribution in [0.4, 0.5) is 0 Å². The van der Waals surface area contributed by atoms with Gasteiger partial charge in [-0.15, -0.1) is 11.3 Å². The fourth-order valence-corrected chi connectivity index (χ4v) is 5.80. The van der Waals surface area contributed by atoms with Crippen molar-refractivity contribution in [2.24, 2.45) is 0 Å². The van der Waals surface area contributed by atoms with E-state index in [9.17, 15) is 9.59 Å². The van der Waals surface area contributed by atoms with Crippen LogP contribution >= 0.6 is 11.3 Å². The van der Waals surface area contributed by atoms with Crippen LogP contribution in [-0.4, -0.2) is 71.8 Å². The van der Waals surface area contributed by atoms with E-state index < -0.39 is 5.91 Å². The molecule has 2 amide bonds. The lowest BCUT2D eigenvalue weighted by Gasteiger charge is -2.41. The molecule has 2 aromatic rings. The minimum atomic E-state index is -0.469. The highest BCUT2D eigenvalue weighted by Crippen LogP contribution is 2.29. The Kier molecular flexibility index (Phi) is 7.95. The van der Waals surface area contributed by atoms with Crippen molar-refractivity contribution in [3.05, 3.63) is 58.3 Å². The number of hydrogen-bond donors (Lipinski definition) is 1. The fourth-order valence-electron chi connectivity index (χ4n) is 4.83. The van der Waals surface area contributed by atoms with Crippen molar-refractivity contribution in [3.63, 3.8) is 0 Å². The Morgan fingerprint density at radius 2 is 1.66 bits per heavy atom. The summed E-state index contributed by atoms with van der Waals surface area (Å²) in [5, 5.41) is 5.12. The molecule has 0 aliphatic carbocycles. The van der Waals surface area contributed by atoms with Crippen molar-refractivity contribution in [1.29, 1.82) is 0 Å². The summed E-state index contributed by atoms with van der Waals surface area (Å²) in [6.45, 7) is 8.24. The summed E-state index contributed by atoms with van der Waals surface area (Å²) in [7, 11) is 0. The van der Waals surface area contributed by atoms with E-state index in [1.807, 2.05) is 6.92 Å². The zero-order chi connectivity index (χ0) is 22.3. The van der Waals surface area contributed by atoms with E-state index >= 15 is 0 Å². The Morgan fingerprint density at radius 3 is 2.31 bits per heavy atom. The van der Waals surface area contributed by atoms with Crippen molar-refractivity contribution >= 4 is 23.2 Å². The zero-order valence-electron chi connectivity index (χ0n) is 18.9. The van der Waals surface area contributed by atoms with Gasteiger partial charge in [0.1, 0.15) is 0 Å². The van der Waals surface area contributed by atoms with E-state index in [-0.39, 0.29) is 18.0 Å². The summed E-state index contributed by atoms with van der Waals surface area (Å²) in [5.74, 6) is -0.849. The van der Waals surface area contributed by atoms with Gasteiger partial charge in [-0.1, -0.05) is 36.4 Å². The van der Waals surface area contributed by atoms with Crippen LogP contribution in [0.5, 0.6) is 0 Å². The van der Waals surface area contributed by atoms with Gasteiger partial charge in [0.15, 0.2) is 0 Å². The van der Waals surface area contributed by atoms with Gasteiger partial charge in [-0.2, -0.15) is 0 Å². The maximum atomic E-state index is 12.7. The number of likely N-dealkylation sites (tertiary alicyclic amines) is 1. The zero-order valence-corrected chi connectivity index (χ0v) is 19.7. The second kappa shape index (κ2) is 11.1. The number of carbonyl (C=O) groups excluding carboxylic acids is 2. The van der Waals surface area contributed by atoms with Crippen LogP contribution in [0.2, 0.25) is 0 Å². The van der Waals surface area contributed by atoms with Gasteiger partial charge in [-0.3, -0.25) is 19.4 Å². The Balaban J connectivity index is 1.37. The number of thiophene rings is 1. The van der Waals surface area contributed by atoms with Gasteiger partial charge >= 0.3 is 11.8 Å². The molecular formula is C25H34N4O2S. The van der Waals surface area contributed by atoms with Crippen molar-refractivity contribution in [1.82, 2.24) is 20.0 Å². The summed E-state index contributed by atoms with van der Waals surface area (Å²) in [6, 6.07) is 14.7. The second-order valence-electron chi connectivity index (χ2n) is 8.87. The van der Waals surface area contributed by atoms with E-state index in [0.717, 1.165) is 52.0 Å². The first-order chi connectivity index (χ1) is 15.6. The van der Waals surface area contributed by atoms with Crippen LogP contribution < -0.4 is 5.32 Å². The molecule has 0 unspecified atom stereocenters. The average molecular weight is 455 g/mol. The minimum Gasteiger partial charge on any atom is -0.343 e. The molecule has 7 heteroatoms. The summed E-state index contributed by atoms with van der Waals surface area (Å²) >= 11 is 1.72. The van der Waals surface area contributed by atoms with Gasteiger partial charge in [0.25, 0.3) is 0 Å². The number of benzene rings is 1. The number of hydrogen-bond acceptors (Lipinski definition) is 5. The van der Waals surface area contributed by atoms with Gasteiger partial charge < -0.3 is 10.2 Å². The van der Waals surface area contributed by atoms with E-state index in [1.54, 1.807) is 16.2 Å². The molecule has 1 N–H and O–H groups in total. The highest BCUT2D eigenvalue weighted by Gasteiger charge is 2.33. The van der Waals surface area contributed by atoms with Crippen molar-refractivity contribution in [3.8, 4) is 0 Å². The number of nitrogens with one attached hydrogen (secondary N) is 1. The predicted octanol–water partition coefficient (Wildman–Crippen LogP) is 3.12. The van der Waals surface area contributed by atoms with E-state index in [1.165, 1.54) is 10.4 Å². The molecule has 0 spiro atoms. The van der Waals surface area contributed by atoms with Crippen LogP contribution in [0.25, 0.3) is 0 Å². The van der Waals surface area contributed by atoms with E-state index in [2.05, 4.69) is 63.0 Å². The number of rotatable bonds is 6. The molecule has 32 heavy (non-hydrogen) atoms. The first-order valence-corrected chi connectivity index (χ1v) is 12.6. The Hall–Kier alpha value is -2.22. The van der Waals surface area contributed by atoms with Gasteiger partial charge in [0.05, 0.1) is 6.04 Å². The van der Waals surface area contributed by atoms with Crippen LogP contribution in [-0.2, 0) is 16.1 Å². The Morgan fingerprint density at radius 1 is 0.938 bits per heavy atom. The first-order valence-electron chi connectivity index (χ1n) is 11.8.